The summed E-state index contributed by atoms with van der Waals surface area (Å²) < 4.78 is 44.8. The fourth-order valence-corrected chi connectivity index (χ4v) is 5.58. The Morgan fingerprint density at radius 2 is 1.39 bits per heavy atom. The summed E-state index contributed by atoms with van der Waals surface area (Å²) in [5.74, 6) is -0.924. The van der Waals surface area contributed by atoms with E-state index in [1.807, 2.05) is 91.0 Å². The smallest absolute Gasteiger partial charge is 0.434 e. The highest BCUT2D eigenvalue weighted by Gasteiger charge is 2.49. The molecule has 260 valence electrons. The minimum atomic E-state index is -0.844. The van der Waals surface area contributed by atoms with Gasteiger partial charge in [-0.25, -0.2) is 4.57 Å². The molecule has 5 rings (SSSR count). The molecule has 1 aliphatic heterocycles. The average Bonchev–Trinajstić information content (AvgIpc) is 3.59. The predicted molar refractivity (Wildman–Crippen MR) is 176 cm³/mol. The Labute approximate surface area is 284 Å². The number of carbonyl (C=O) groups excluding carboxylic acids is 1. The van der Waals surface area contributed by atoms with Gasteiger partial charge in [-0.1, -0.05) is 96.0 Å². The molecule has 0 radical (unpaired) electrons. The zero-order valence-corrected chi connectivity index (χ0v) is 27.4. The van der Waals surface area contributed by atoms with E-state index in [0.29, 0.717) is 0 Å². The number of imidazole rings is 1. The summed E-state index contributed by atoms with van der Waals surface area (Å²) in [5, 5.41) is 11.4. The van der Waals surface area contributed by atoms with Gasteiger partial charge in [0.1, 0.15) is 43.4 Å². The summed E-state index contributed by atoms with van der Waals surface area (Å²) in [4.78, 5) is 26.5. The summed E-state index contributed by atoms with van der Waals surface area (Å²) in [6.07, 6.45) is -1.65. The van der Waals surface area contributed by atoms with Gasteiger partial charge >= 0.3 is 11.9 Å². The van der Waals surface area contributed by atoms with Crippen LogP contribution in [-0.2, 0) is 64.3 Å². The Kier molecular flexibility index (Phi) is 13.4. The maximum absolute atomic E-state index is 11.9. The quantitative estimate of drug-likeness (QED) is 0.0810. The molecule has 0 saturated carbocycles. The van der Waals surface area contributed by atoms with Crippen LogP contribution in [0.25, 0.3) is 0 Å². The van der Waals surface area contributed by atoms with E-state index in [-0.39, 0.29) is 45.5 Å². The molecular weight excluding hydrogens is 634 g/mol. The van der Waals surface area contributed by atoms with E-state index in [2.05, 4.69) is 4.98 Å². The lowest BCUT2D eigenvalue weighted by molar-refractivity contribution is -0.397. The molecule has 49 heavy (non-hydrogen) atoms. The van der Waals surface area contributed by atoms with Gasteiger partial charge in [-0.2, -0.15) is 0 Å². The lowest BCUT2D eigenvalue weighted by Gasteiger charge is -2.45. The molecule has 1 saturated heterocycles. The van der Waals surface area contributed by atoms with Crippen molar-refractivity contribution < 1.29 is 42.9 Å². The van der Waals surface area contributed by atoms with Crippen LogP contribution in [0.5, 0.6) is 0 Å². The molecule has 3 aromatic carbocycles. The SMILES string of the molecule is CO[C@H]1O[C@H](COCC(Cn2ccnc2[N+](=O)[O-])OC(C)=O)[C@@H](OCc2ccccc2)[C@H](OCc2ccccc2)[C@H]1OCc1ccccc1. The molecule has 0 N–H and O–H groups in total. The van der Waals surface area contributed by atoms with Crippen molar-refractivity contribution in [3.63, 3.8) is 0 Å². The summed E-state index contributed by atoms with van der Waals surface area (Å²) in [7, 11) is 1.54. The third-order valence-corrected chi connectivity index (χ3v) is 7.85. The molecule has 1 fully saturated rings. The van der Waals surface area contributed by atoms with Crippen LogP contribution in [0.4, 0.5) is 5.95 Å². The molecule has 0 bridgehead atoms. The first kappa shape index (κ1) is 35.8. The first-order valence-electron chi connectivity index (χ1n) is 16.0. The number of carbonyl (C=O) groups is 1. The number of ether oxygens (including phenoxy) is 7. The average molecular weight is 676 g/mol. The molecule has 13 heteroatoms. The number of nitrogens with zero attached hydrogens (tertiary/aromatic N) is 3. The van der Waals surface area contributed by atoms with Crippen LogP contribution in [-0.4, -0.2) is 77.6 Å². The summed E-state index contributed by atoms with van der Waals surface area (Å²) in [5.41, 5.74) is 2.90. The number of hydrogen-bond donors (Lipinski definition) is 0. The van der Waals surface area contributed by atoms with Gasteiger partial charge in [0.25, 0.3) is 0 Å². The third-order valence-electron chi connectivity index (χ3n) is 7.85. The Morgan fingerprint density at radius 1 is 0.857 bits per heavy atom. The Balaban J connectivity index is 1.37. The topological polar surface area (TPSA) is 143 Å². The summed E-state index contributed by atoms with van der Waals surface area (Å²) in [6.45, 7) is 1.98. The Bertz CT molecular complexity index is 1570. The molecule has 4 aromatic rings. The molecule has 1 aliphatic rings. The van der Waals surface area contributed by atoms with Crippen molar-refractivity contribution in [1.29, 1.82) is 0 Å². The summed E-state index contributed by atoms with van der Waals surface area (Å²) >= 11 is 0. The number of esters is 1. The van der Waals surface area contributed by atoms with Gasteiger partial charge < -0.3 is 43.3 Å². The maximum atomic E-state index is 11.9. The molecule has 0 amide bonds. The summed E-state index contributed by atoms with van der Waals surface area (Å²) in [6, 6.07) is 29.3. The van der Waals surface area contributed by atoms with Crippen molar-refractivity contribution in [2.75, 3.05) is 20.3 Å². The van der Waals surface area contributed by atoms with E-state index in [0.717, 1.165) is 16.7 Å². The minimum absolute atomic E-state index is 0.000292. The number of nitro groups is 1. The lowest BCUT2D eigenvalue weighted by atomic mass is 9.97. The molecular formula is C36H41N3O10. The first-order valence-corrected chi connectivity index (χ1v) is 16.0. The van der Waals surface area contributed by atoms with E-state index >= 15 is 0 Å². The lowest BCUT2D eigenvalue weighted by Crippen LogP contribution is -2.61. The maximum Gasteiger partial charge on any atom is 0.434 e. The van der Waals surface area contributed by atoms with Crippen LogP contribution >= 0.6 is 0 Å². The van der Waals surface area contributed by atoms with Gasteiger partial charge in [0.15, 0.2) is 12.4 Å². The van der Waals surface area contributed by atoms with Crippen molar-refractivity contribution in [3.05, 3.63) is 130 Å². The van der Waals surface area contributed by atoms with E-state index < -0.39 is 47.7 Å². The minimum Gasteiger partial charge on any atom is -0.457 e. The highest BCUT2D eigenvalue weighted by molar-refractivity contribution is 5.66. The number of methoxy groups -OCH3 is 1. The molecule has 0 aliphatic carbocycles. The van der Waals surface area contributed by atoms with Crippen molar-refractivity contribution in [3.8, 4) is 0 Å². The Hall–Kier alpha value is -4.50. The van der Waals surface area contributed by atoms with E-state index in [4.69, 9.17) is 33.2 Å². The molecule has 13 nitrogen and oxygen atoms in total. The third kappa shape index (κ3) is 10.5. The van der Waals surface area contributed by atoms with E-state index in [1.165, 1.54) is 31.0 Å². The molecule has 0 spiro atoms. The number of hydrogen-bond acceptors (Lipinski definition) is 11. The van der Waals surface area contributed by atoms with Crippen LogP contribution in [0.1, 0.15) is 23.6 Å². The number of rotatable bonds is 18. The highest BCUT2D eigenvalue weighted by Crippen LogP contribution is 2.31. The fourth-order valence-electron chi connectivity index (χ4n) is 5.58. The van der Waals surface area contributed by atoms with Crippen molar-refractivity contribution in [2.45, 2.75) is 70.1 Å². The van der Waals surface area contributed by atoms with Crippen LogP contribution in [0.15, 0.2) is 103 Å². The largest absolute Gasteiger partial charge is 0.457 e. The van der Waals surface area contributed by atoms with Gasteiger partial charge in [0, 0.05) is 14.0 Å². The van der Waals surface area contributed by atoms with Crippen LogP contribution in [0, 0.1) is 10.1 Å². The molecule has 1 unspecified atom stereocenters. The molecule has 6 atom stereocenters. The van der Waals surface area contributed by atoms with Crippen molar-refractivity contribution in [2.24, 2.45) is 0 Å². The van der Waals surface area contributed by atoms with Crippen LogP contribution < -0.4 is 0 Å². The normalized spacial score (nSPS) is 21.2. The number of benzene rings is 3. The van der Waals surface area contributed by atoms with E-state index in [1.54, 1.807) is 0 Å². The van der Waals surface area contributed by atoms with Gasteiger partial charge in [-0.15, -0.1) is 0 Å². The number of aromatic nitrogens is 2. The fraction of sp³-hybridized carbons (Fsp3) is 0.389. The second-order valence-corrected chi connectivity index (χ2v) is 11.5. The standard InChI is InChI=1S/C36H41N3O10/c1-26(40)48-30(20-38-19-18-37-36(38)39(41)42)24-44-25-31-32(45-21-27-12-6-3-7-13-27)33(46-22-28-14-8-4-9-15-28)34(35(43-2)49-31)47-23-29-16-10-5-11-17-29/h3-19,30-35H,20-25H2,1-2H3/t30?,31-,32-,33+,34-,35+/m1/s1. The van der Waals surface area contributed by atoms with Gasteiger partial charge in [-0.3, -0.25) is 4.79 Å². The zero-order chi connectivity index (χ0) is 34.4. The van der Waals surface area contributed by atoms with E-state index in [9.17, 15) is 14.9 Å². The van der Waals surface area contributed by atoms with Gasteiger partial charge in [0.05, 0.1) is 33.0 Å². The Morgan fingerprint density at radius 3 is 1.90 bits per heavy atom. The monoisotopic (exact) mass is 675 g/mol. The predicted octanol–water partition coefficient (Wildman–Crippen LogP) is 4.87. The highest BCUT2D eigenvalue weighted by atomic mass is 16.7. The van der Waals surface area contributed by atoms with Crippen LogP contribution in [0.2, 0.25) is 0 Å². The molecule has 1 aromatic heterocycles. The van der Waals surface area contributed by atoms with Crippen molar-refractivity contribution in [1.82, 2.24) is 9.55 Å². The van der Waals surface area contributed by atoms with Gasteiger partial charge in [-0.05, 0) is 21.6 Å². The zero-order valence-electron chi connectivity index (χ0n) is 27.4. The molecule has 2 heterocycles. The first-order chi connectivity index (χ1) is 23.9. The second kappa shape index (κ2) is 18.3. The second-order valence-electron chi connectivity index (χ2n) is 11.5. The van der Waals surface area contributed by atoms with Crippen LogP contribution in [0.3, 0.4) is 0 Å². The van der Waals surface area contributed by atoms with Crippen molar-refractivity contribution >= 4 is 11.9 Å². The van der Waals surface area contributed by atoms with Gasteiger partial charge in [0.2, 0.25) is 0 Å².